The molecule has 0 heterocycles. The molecule has 0 fully saturated rings. The highest BCUT2D eigenvalue weighted by Gasteiger charge is 2.78. The van der Waals surface area contributed by atoms with Crippen LogP contribution in [0.4, 0.5) is 48.3 Å². The Morgan fingerprint density at radius 3 is 1.50 bits per heavy atom. The Kier molecular flexibility index (Phi) is 5.99. The molecule has 0 aliphatic carbocycles. The minimum absolute atomic E-state index is 0.304. The molecule has 0 spiro atoms. The first-order valence-electron chi connectivity index (χ1n) is 4.79. The molecule has 132 valence electrons. The van der Waals surface area contributed by atoms with Crippen molar-refractivity contribution in [2.45, 2.75) is 34.3 Å². The Bertz CT molecular complexity index is 415. The summed E-state index contributed by atoms with van der Waals surface area (Å²) < 4.78 is 134. The number of carboxylic acids is 1. The van der Waals surface area contributed by atoms with Crippen LogP contribution in [0.5, 0.6) is 0 Å². The number of halogens is 12. The van der Waals surface area contributed by atoms with Crippen LogP contribution in [-0.2, 0) is 4.79 Å². The zero-order valence-corrected chi connectivity index (χ0v) is 11.8. The quantitative estimate of drug-likeness (QED) is 0.373. The minimum atomic E-state index is -7.13. The molecule has 1 N–H and O–H groups in total. The summed E-state index contributed by atoms with van der Waals surface area (Å²) in [6.45, 7) is 0. The van der Waals surface area contributed by atoms with Crippen molar-refractivity contribution in [1.29, 1.82) is 0 Å². The van der Waals surface area contributed by atoms with Crippen LogP contribution in [0, 0.1) is 5.92 Å². The first kappa shape index (κ1) is 21.4. The van der Waals surface area contributed by atoms with E-state index >= 15 is 0 Å². The van der Waals surface area contributed by atoms with E-state index in [1.165, 1.54) is 0 Å². The Morgan fingerprint density at radius 2 is 1.27 bits per heavy atom. The zero-order chi connectivity index (χ0) is 18.3. The number of aliphatic carboxylic acids is 1. The zero-order valence-electron chi connectivity index (χ0n) is 9.62. The fraction of sp³-hybridized carbons (Fsp3) is 0.875. The maximum Gasteiger partial charge on any atom is 0.459 e. The van der Waals surface area contributed by atoms with Crippen LogP contribution in [0.25, 0.3) is 0 Å². The monoisotopic (exact) mass is 468 g/mol. The van der Waals surface area contributed by atoms with Crippen molar-refractivity contribution in [2.75, 3.05) is 0 Å². The van der Waals surface area contributed by atoms with E-state index in [0.29, 0.717) is 22.6 Å². The molecule has 0 radical (unpaired) electrons. The number of carboxylic acid groups (broad SMARTS) is 1. The Hall–Kier alpha value is -0.570. The molecule has 2 nitrogen and oxygen atoms in total. The molecular weight excluding hydrogens is 464 g/mol. The van der Waals surface area contributed by atoms with Crippen LogP contribution < -0.4 is 0 Å². The van der Waals surface area contributed by atoms with Crippen molar-refractivity contribution in [3.8, 4) is 0 Å². The third-order valence-electron chi connectivity index (χ3n) is 2.37. The van der Waals surface area contributed by atoms with Crippen LogP contribution in [-0.4, -0.2) is 45.4 Å². The maximum atomic E-state index is 13.3. The topological polar surface area (TPSA) is 37.3 Å². The van der Waals surface area contributed by atoms with E-state index < -0.39 is 46.2 Å². The summed E-state index contributed by atoms with van der Waals surface area (Å²) >= 11 is 0.304. The van der Waals surface area contributed by atoms with Gasteiger partial charge >= 0.3 is 30.2 Å². The summed E-state index contributed by atoms with van der Waals surface area (Å²) in [5.74, 6) is -20.8. The average molecular weight is 468 g/mol. The molecule has 0 bridgehead atoms. The normalized spacial score (nSPS) is 18.7. The van der Waals surface area contributed by atoms with Gasteiger partial charge in [0.1, 0.15) is 9.84 Å². The van der Waals surface area contributed by atoms with Gasteiger partial charge in [0.05, 0.1) is 0 Å². The van der Waals surface area contributed by atoms with E-state index in [4.69, 9.17) is 5.11 Å². The SMILES string of the molecule is O=C(O)C(I)C(C(F)C(F)(F)C(F)(F)C(F)(F)F)C(F)(F)F. The predicted octanol–water partition coefficient (Wildman–Crippen LogP) is 4.22. The summed E-state index contributed by atoms with van der Waals surface area (Å²) in [5.41, 5.74) is 0. The Balaban J connectivity index is 5.95. The molecule has 0 aliphatic heterocycles. The van der Waals surface area contributed by atoms with Crippen LogP contribution >= 0.6 is 22.6 Å². The van der Waals surface area contributed by atoms with Crippen LogP contribution in [0.1, 0.15) is 0 Å². The van der Waals surface area contributed by atoms with Crippen LogP contribution in [0.2, 0.25) is 0 Å². The highest BCUT2D eigenvalue weighted by molar-refractivity contribution is 14.1. The van der Waals surface area contributed by atoms with E-state index in [1.807, 2.05) is 0 Å². The van der Waals surface area contributed by atoms with Crippen LogP contribution in [0.3, 0.4) is 0 Å². The van der Waals surface area contributed by atoms with Gasteiger partial charge in [-0.05, 0) is 0 Å². The average Bonchev–Trinajstić information content (AvgIpc) is 2.24. The second kappa shape index (κ2) is 6.14. The van der Waals surface area contributed by atoms with Gasteiger partial charge in [-0.1, -0.05) is 22.6 Å². The molecule has 0 aromatic rings. The minimum Gasteiger partial charge on any atom is -0.480 e. The van der Waals surface area contributed by atoms with Gasteiger partial charge < -0.3 is 5.11 Å². The van der Waals surface area contributed by atoms with Crippen molar-refractivity contribution in [3.05, 3.63) is 0 Å². The smallest absolute Gasteiger partial charge is 0.459 e. The summed E-state index contributed by atoms with van der Waals surface area (Å²) in [5, 5.41) is 8.26. The second-order valence-electron chi connectivity index (χ2n) is 3.90. The van der Waals surface area contributed by atoms with Gasteiger partial charge in [-0.25, -0.2) is 4.39 Å². The predicted molar refractivity (Wildman–Crippen MR) is 55.8 cm³/mol. The summed E-state index contributed by atoms with van der Waals surface area (Å²) in [7, 11) is 0. The van der Waals surface area contributed by atoms with E-state index in [9.17, 15) is 53.1 Å². The van der Waals surface area contributed by atoms with Gasteiger partial charge in [0, 0.05) is 0 Å². The third-order valence-corrected chi connectivity index (χ3v) is 3.67. The summed E-state index contributed by atoms with van der Waals surface area (Å²) in [4.78, 5) is 10.3. The second-order valence-corrected chi connectivity index (χ2v) is 5.25. The van der Waals surface area contributed by atoms with Crippen molar-refractivity contribution in [1.82, 2.24) is 0 Å². The van der Waals surface area contributed by atoms with E-state index in [0.717, 1.165) is 0 Å². The van der Waals surface area contributed by atoms with Gasteiger partial charge in [-0.2, -0.15) is 43.9 Å². The lowest BCUT2D eigenvalue weighted by Gasteiger charge is -2.35. The van der Waals surface area contributed by atoms with Gasteiger partial charge in [0.25, 0.3) is 0 Å². The fourth-order valence-corrected chi connectivity index (χ4v) is 1.99. The van der Waals surface area contributed by atoms with Gasteiger partial charge in [-0.3, -0.25) is 4.79 Å². The Morgan fingerprint density at radius 1 is 0.909 bits per heavy atom. The standard InChI is InChI=1S/C8H4F11IO2/c9-3(1(6(12,13)14)2(20)4(21)22)5(10,11)7(15,16)8(17,18)19/h1-3H,(H,21,22). The van der Waals surface area contributed by atoms with Crippen LogP contribution in [0.15, 0.2) is 0 Å². The number of alkyl halides is 12. The summed E-state index contributed by atoms with van der Waals surface area (Å²) in [6.07, 6.45) is -18.3. The fourth-order valence-electron chi connectivity index (χ4n) is 1.22. The molecule has 22 heavy (non-hydrogen) atoms. The van der Waals surface area contributed by atoms with E-state index in [2.05, 4.69) is 0 Å². The summed E-state index contributed by atoms with van der Waals surface area (Å²) in [6, 6.07) is 0. The molecule has 0 aromatic heterocycles. The number of hydrogen-bond donors (Lipinski definition) is 1. The molecule has 0 aromatic carbocycles. The Labute approximate surface area is 127 Å². The highest BCUT2D eigenvalue weighted by atomic mass is 127. The van der Waals surface area contributed by atoms with Crippen molar-refractivity contribution < 1.29 is 58.2 Å². The largest absolute Gasteiger partial charge is 0.480 e. The molecule has 0 saturated heterocycles. The molecule has 0 rings (SSSR count). The third kappa shape index (κ3) is 3.84. The molecule has 14 heteroatoms. The van der Waals surface area contributed by atoms with Gasteiger partial charge in [-0.15, -0.1) is 0 Å². The van der Waals surface area contributed by atoms with E-state index in [-0.39, 0.29) is 0 Å². The lowest BCUT2D eigenvalue weighted by molar-refractivity contribution is -0.374. The maximum absolute atomic E-state index is 13.3. The molecular formula is C8H4F11IO2. The van der Waals surface area contributed by atoms with Crippen molar-refractivity contribution in [2.24, 2.45) is 5.92 Å². The van der Waals surface area contributed by atoms with Gasteiger partial charge in [0.2, 0.25) is 0 Å². The van der Waals surface area contributed by atoms with E-state index in [1.54, 1.807) is 0 Å². The number of rotatable bonds is 5. The molecule has 0 aliphatic rings. The lowest BCUT2D eigenvalue weighted by atomic mass is 9.91. The molecule has 3 atom stereocenters. The molecule has 3 unspecified atom stereocenters. The first-order chi connectivity index (χ1) is 9.39. The number of hydrogen-bond acceptors (Lipinski definition) is 1. The molecule has 0 saturated carbocycles. The van der Waals surface area contributed by atoms with Crippen molar-refractivity contribution in [3.63, 3.8) is 0 Å². The lowest BCUT2D eigenvalue weighted by Crippen LogP contribution is -2.61. The van der Waals surface area contributed by atoms with Gasteiger partial charge in [0.15, 0.2) is 6.17 Å². The number of carbonyl (C=O) groups is 1. The first-order valence-corrected chi connectivity index (χ1v) is 6.03. The van der Waals surface area contributed by atoms with Crippen molar-refractivity contribution >= 4 is 28.6 Å². The highest BCUT2D eigenvalue weighted by Crippen LogP contribution is 2.52. The molecule has 0 amide bonds.